The van der Waals surface area contributed by atoms with E-state index in [2.05, 4.69) is 20.1 Å². The Hall–Kier alpha value is -2.96. The van der Waals surface area contributed by atoms with Gasteiger partial charge in [0.25, 0.3) is 0 Å². The second kappa shape index (κ2) is 9.04. The first-order valence-electron chi connectivity index (χ1n) is 11.3. The van der Waals surface area contributed by atoms with Crippen LogP contribution in [0, 0.1) is 0 Å². The highest BCUT2D eigenvalue weighted by Crippen LogP contribution is 2.31. The minimum absolute atomic E-state index is 0.397. The third-order valence-electron chi connectivity index (χ3n) is 6.50. The number of hydrogen-bond donors (Lipinski definition) is 2. The van der Waals surface area contributed by atoms with Gasteiger partial charge in [-0.15, -0.1) is 0 Å². The van der Waals surface area contributed by atoms with Gasteiger partial charge in [-0.1, -0.05) is 51.2 Å². The molecule has 2 aromatic heterocycles. The van der Waals surface area contributed by atoms with Crippen molar-refractivity contribution >= 4 is 28.6 Å². The molecule has 7 heteroatoms. The van der Waals surface area contributed by atoms with Crippen molar-refractivity contribution in [1.82, 2.24) is 19.7 Å². The zero-order valence-corrected chi connectivity index (χ0v) is 18.3. The van der Waals surface area contributed by atoms with E-state index in [1.165, 1.54) is 25.7 Å². The van der Waals surface area contributed by atoms with Gasteiger partial charge >= 0.3 is 5.97 Å². The lowest BCUT2D eigenvalue weighted by Crippen LogP contribution is -2.32. The maximum atomic E-state index is 11.8. The molecule has 31 heavy (non-hydrogen) atoms. The highest BCUT2D eigenvalue weighted by molar-refractivity contribution is 5.81. The molecule has 4 rings (SSSR count). The van der Waals surface area contributed by atoms with Crippen LogP contribution in [0.3, 0.4) is 0 Å². The van der Waals surface area contributed by atoms with Crippen molar-refractivity contribution < 1.29 is 9.90 Å². The number of fused-ring (bicyclic) bond motifs is 1. The number of carboxylic acid groups (broad SMARTS) is 1. The van der Waals surface area contributed by atoms with Gasteiger partial charge in [0.1, 0.15) is 0 Å². The first-order valence-corrected chi connectivity index (χ1v) is 11.3. The molecule has 3 aromatic rings. The standard InChI is InChI=1S/C24H31N5O2/c1-3-14-24(2,22(30)31)18-10-12-19(13-11-18)27-23-25-15-17-16-26-29(21(17)28-23)20-8-6-4-5-7-9-20/h10-13,15-16,20H,3-9,14H2,1-2H3,(H,30,31)(H,25,27,28). The molecule has 0 spiro atoms. The summed E-state index contributed by atoms with van der Waals surface area (Å²) in [6.07, 6.45) is 12.4. The Morgan fingerprint density at radius 1 is 1.16 bits per heavy atom. The van der Waals surface area contributed by atoms with Crippen molar-refractivity contribution in [1.29, 1.82) is 0 Å². The van der Waals surface area contributed by atoms with Gasteiger partial charge in [-0.05, 0) is 43.9 Å². The summed E-state index contributed by atoms with van der Waals surface area (Å²) in [4.78, 5) is 21.0. The second-order valence-corrected chi connectivity index (χ2v) is 8.80. The SMILES string of the molecule is CCCC(C)(C(=O)O)c1ccc(Nc2ncc3cnn(C4CCCCCC4)c3n2)cc1. The van der Waals surface area contributed by atoms with E-state index in [9.17, 15) is 9.90 Å². The molecule has 1 aliphatic carbocycles. The zero-order chi connectivity index (χ0) is 21.8. The van der Waals surface area contributed by atoms with Crippen LogP contribution in [0.5, 0.6) is 0 Å². The van der Waals surface area contributed by atoms with Gasteiger partial charge in [-0.25, -0.2) is 9.67 Å². The number of hydrogen-bond acceptors (Lipinski definition) is 5. The fourth-order valence-corrected chi connectivity index (χ4v) is 4.59. The van der Waals surface area contributed by atoms with E-state index in [-0.39, 0.29) is 0 Å². The fourth-order valence-electron chi connectivity index (χ4n) is 4.59. The van der Waals surface area contributed by atoms with E-state index >= 15 is 0 Å². The largest absolute Gasteiger partial charge is 0.481 e. The van der Waals surface area contributed by atoms with Crippen LogP contribution in [0.2, 0.25) is 0 Å². The third-order valence-corrected chi connectivity index (χ3v) is 6.50. The van der Waals surface area contributed by atoms with Crippen LogP contribution >= 0.6 is 0 Å². The summed E-state index contributed by atoms with van der Waals surface area (Å²) in [5, 5.41) is 18.5. The van der Waals surface area contributed by atoms with E-state index in [1.807, 2.05) is 43.6 Å². The first kappa shape index (κ1) is 21.3. The molecular formula is C24H31N5O2. The number of carboxylic acids is 1. The molecule has 1 aliphatic rings. The van der Waals surface area contributed by atoms with Crippen LogP contribution in [-0.2, 0) is 10.2 Å². The van der Waals surface area contributed by atoms with Crippen molar-refractivity contribution in [3.8, 4) is 0 Å². The Bertz CT molecular complexity index is 1040. The Balaban J connectivity index is 1.56. The van der Waals surface area contributed by atoms with E-state index in [1.54, 1.807) is 6.92 Å². The second-order valence-electron chi connectivity index (χ2n) is 8.80. The third kappa shape index (κ3) is 4.40. The molecule has 2 N–H and O–H groups in total. The molecule has 0 bridgehead atoms. The Morgan fingerprint density at radius 3 is 2.52 bits per heavy atom. The molecule has 1 fully saturated rings. The van der Waals surface area contributed by atoms with Gasteiger partial charge in [0.05, 0.1) is 23.0 Å². The van der Waals surface area contributed by atoms with Crippen LogP contribution in [0.25, 0.3) is 11.0 Å². The fraction of sp³-hybridized carbons (Fsp3) is 0.500. The lowest BCUT2D eigenvalue weighted by atomic mass is 9.79. The molecular weight excluding hydrogens is 390 g/mol. The molecule has 7 nitrogen and oxygen atoms in total. The quantitative estimate of drug-likeness (QED) is 0.482. The van der Waals surface area contributed by atoms with Crippen LogP contribution in [-0.4, -0.2) is 30.8 Å². The number of aliphatic carboxylic acids is 1. The lowest BCUT2D eigenvalue weighted by molar-refractivity contribution is -0.143. The normalized spacial score (nSPS) is 17.2. The lowest BCUT2D eigenvalue weighted by Gasteiger charge is -2.25. The molecule has 2 heterocycles. The molecule has 164 valence electrons. The number of nitrogens with one attached hydrogen (secondary N) is 1. The molecule has 0 radical (unpaired) electrons. The van der Waals surface area contributed by atoms with Gasteiger partial charge in [-0.2, -0.15) is 10.1 Å². The Morgan fingerprint density at radius 2 is 1.87 bits per heavy atom. The van der Waals surface area contributed by atoms with Crippen molar-refractivity contribution in [2.24, 2.45) is 0 Å². The van der Waals surface area contributed by atoms with Crippen LogP contribution in [0.1, 0.15) is 76.8 Å². The highest BCUT2D eigenvalue weighted by Gasteiger charge is 2.34. The number of anilines is 2. The topological polar surface area (TPSA) is 92.9 Å². The average Bonchev–Trinajstić information content (AvgIpc) is 2.99. The van der Waals surface area contributed by atoms with Crippen molar-refractivity contribution in [2.45, 2.75) is 76.7 Å². The summed E-state index contributed by atoms with van der Waals surface area (Å²) in [6, 6.07) is 7.93. The summed E-state index contributed by atoms with van der Waals surface area (Å²) < 4.78 is 2.07. The van der Waals surface area contributed by atoms with Gasteiger partial charge in [0, 0.05) is 11.9 Å². The smallest absolute Gasteiger partial charge is 0.313 e. The highest BCUT2D eigenvalue weighted by atomic mass is 16.4. The molecule has 0 amide bonds. The van der Waals surface area contributed by atoms with E-state index in [4.69, 9.17) is 4.98 Å². The average molecular weight is 422 g/mol. The number of benzene rings is 1. The monoisotopic (exact) mass is 421 g/mol. The number of aromatic nitrogens is 4. The maximum absolute atomic E-state index is 11.8. The van der Waals surface area contributed by atoms with Gasteiger partial charge < -0.3 is 10.4 Å². The molecule has 1 atom stereocenters. The maximum Gasteiger partial charge on any atom is 0.313 e. The minimum Gasteiger partial charge on any atom is -0.481 e. The first-order chi connectivity index (χ1) is 15.0. The molecule has 1 unspecified atom stereocenters. The molecule has 0 saturated heterocycles. The number of nitrogens with zero attached hydrogens (tertiary/aromatic N) is 4. The predicted molar refractivity (Wildman–Crippen MR) is 122 cm³/mol. The Kier molecular flexibility index (Phi) is 6.20. The summed E-state index contributed by atoms with van der Waals surface area (Å²) in [6.45, 7) is 3.79. The van der Waals surface area contributed by atoms with E-state index in [0.29, 0.717) is 18.4 Å². The van der Waals surface area contributed by atoms with Gasteiger partial charge in [0.2, 0.25) is 5.95 Å². The molecule has 0 aliphatic heterocycles. The van der Waals surface area contributed by atoms with Crippen LogP contribution < -0.4 is 5.32 Å². The van der Waals surface area contributed by atoms with E-state index < -0.39 is 11.4 Å². The summed E-state index contributed by atoms with van der Waals surface area (Å²) in [7, 11) is 0. The van der Waals surface area contributed by atoms with E-state index in [0.717, 1.165) is 41.5 Å². The number of carbonyl (C=O) groups is 1. The van der Waals surface area contributed by atoms with Gasteiger partial charge in [0.15, 0.2) is 5.65 Å². The van der Waals surface area contributed by atoms with Crippen molar-refractivity contribution in [3.05, 3.63) is 42.2 Å². The molecule has 1 saturated carbocycles. The van der Waals surface area contributed by atoms with Gasteiger partial charge in [-0.3, -0.25) is 4.79 Å². The summed E-state index contributed by atoms with van der Waals surface area (Å²) in [5.41, 5.74) is 1.61. The predicted octanol–water partition coefficient (Wildman–Crippen LogP) is 5.61. The summed E-state index contributed by atoms with van der Waals surface area (Å²) >= 11 is 0. The summed E-state index contributed by atoms with van der Waals surface area (Å²) in [5.74, 6) is -0.277. The minimum atomic E-state index is -0.881. The number of rotatable bonds is 7. The van der Waals surface area contributed by atoms with Crippen molar-refractivity contribution in [2.75, 3.05) is 5.32 Å². The zero-order valence-electron chi connectivity index (χ0n) is 18.3. The molecule has 1 aromatic carbocycles. The van der Waals surface area contributed by atoms with Crippen molar-refractivity contribution in [3.63, 3.8) is 0 Å². The van der Waals surface area contributed by atoms with Crippen LogP contribution in [0.4, 0.5) is 11.6 Å². The van der Waals surface area contributed by atoms with Crippen LogP contribution in [0.15, 0.2) is 36.7 Å². The Labute approximate surface area is 182 Å².